The summed E-state index contributed by atoms with van der Waals surface area (Å²) in [6.45, 7) is 4.93. The summed E-state index contributed by atoms with van der Waals surface area (Å²) in [4.78, 5) is 20.3. The zero-order valence-electron chi connectivity index (χ0n) is 12.2. The van der Waals surface area contributed by atoms with E-state index in [4.69, 9.17) is 0 Å². The Morgan fingerprint density at radius 2 is 2.38 bits per heavy atom. The lowest BCUT2D eigenvalue weighted by atomic mass is 9.97. The maximum absolute atomic E-state index is 12.5. The van der Waals surface area contributed by atoms with Crippen LogP contribution in [0.5, 0.6) is 0 Å². The number of thiophene rings is 1. The van der Waals surface area contributed by atoms with Crippen molar-refractivity contribution in [2.75, 3.05) is 6.54 Å². The molecule has 21 heavy (non-hydrogen) atoms. The van der Waals surface area contributed by atoms with Crippen LogP contribution in [-0.4, -0.2) is 22.3 Å². The lowest BCUT2D eigenvalue weighted by molar-refractivity contribution is -0.128. The first-order valence-electron chi connectivity index (χ1n) is 7.16. The number of hydrogen-bond donors (Lipinski definition) is 0. The molecule has 0 spiro atoms. The molecule has 1 unspecified atom stereocenters. The summed E-state index contributed by atoms with van der Waals surface area (Å²) < 4.78 is 0. The molecule has 1 aliphatic rings. The summed E-state index contributed by atoms with van der Waals surface area (Å²) >= 11 is 3.41. The highest BCUT2D eigenvalue weighted by molar-refractivity contribution is 7.10. The minimum absolute atomic E-state index is 0.0874. The van der Waals surface area contributed by atoms with Crippen LogP contribution in [0.3, 0.4) is 0 Å². The third-order valence-corrected chi connectivity index (χ3v) is 5.59. The molecular formula is C16H18N2OS2. The highest BCUT2D eigenvalue weighted by Crippen LogP contribution is 2.35. The monoisotopic (exact) mass is 318 g/mol. The van der Waals surface area contributed by atoms with Crippen molar-refractivity contribution in [2.45, 2.75) is 32.7 Å². The largest absolute Gasteiger partial charge is 0.332 e. The van der Waals surface area contributed by atoms with E-state index in [1.807, 2.05) is 23.3 Å². The topological polar surface area (TPSA) is 33.2 Å². The Bertz CT molecular complexity index is 671. The van der Waals surface area contributed by atoms with Crippen molar-refractivity contribution in [3.63, 3.8) is 0 Å². The maximum atomic E-state index is 12.5. The van der Waals surface area contributed by atoms with Crippen LogP contribution in [0.4, 0.5) is 0 Å². The number of amides is 1. The number of rotatable bonds is 3. The van der Waals surface area contributed by atoms with E-state index in [1.54, 1.807) is 28.7 Å². The third kappa shape index (κ3) is 2.94. The molecule has 2 aromatic rings. The predicted molar refractivity (Wildman–Crippen MR) is 88.7 cm³/mol. The first-order chi connectivity index (χ1) is 10.2. The molecule has 3 nitrogen and oxygen atoms in total. The molecule has 2 aromatic heterocycles. The van der Waals surface area contributed by atoms with Gasteiger partial charge in [-0.25, -0.2) is 4.98 Å². The van der Waals surface area contributed by atoms with Crippen molar-refractivity contribution >= 4 is 34.7 Å². The maximum Gasteiger partial charge on any atom is 0.247 e. The summed E-state index contributed by atoms with van der Waals surface area (Å²) in [6, 6.07) is 2.38. The first-order valence-corrected chi connectivity index (χ1v) is 8.92. The fraction of sp³-hybridized carbons (Fsp3) is 0.375. The average molecular weight is 318 g/mol. The number of carbonyl (C=O) groups is 1. The standard InChI is InChI=1S/C16H18N2OS2/c1-3-14-13-7-9-20-15(13)6-8-18(14)16(19)5-4-12-10-21-11(2)17-12/h4-5,7,9-10,14H,3,6,8H2,1-2H3/b5-4+. The van der Waals surface area contributed by atoms with Crippen molar-refractivity contribution in [1.29, 1.82) is 0 Å². The van der Waals surface area contributed by atoms with E-state index < -0.39 is 0 Å². The molecule has 110 valence electrons. The molecule has 1 amide bonds. The van der Waals surface area contributed by atoms with E-state index in [2.05, 4.69) is 23.4 Å². The number of thiazole rings is 1. The lowest BCUT2D eigenvalue weighted by Crippen LogP contribution is -2.38. The Hall–Kier alpha value is -1.46. The SMILES string of the molecule is CCC1c2ccsc2CCN1C(=O)/C=C/c1csc(C)n1. The van der Waals surface area contributed by atoms with Gasteiger partial charge in [-0.1, -0.05) is 6.92 Å². The van der Waals surface area contributed by atoms with Crippen LogP contribution in [0.15, 0.2) is 22.9 Å². The minimum Gasteiger partial charge on any atom is -0.332 e. The quantitative estimate of drug-likeness (QED) is 0.800. The summed E-state index contributed by atoms with van der Waals surface area (Å²) in [5, 5.41) is 5.13. The Kier molecular flexibility index (Phi) is 4.22. The molecule has 3 rings (SSSR count). The summed E-state index contributed by atoms with van der Waals surface area (Å²) in [5.74, 6) is 0.0874. The number of hydrogen-bond acceptors (Lipinski definition) is 4. The second kappa shape index (κ2) is 6.12. The van der Waals surface area contributed by atoms with Crippen LogP contribution >= 0.6 is 22.7 Å². The summed E-state index contributed by atoms with van der Waals surface area (Å²) in [6.07, 6.45) is 5.41. The van der Waals surface area contributed by atoms with Crippen molar-refractivity contribution in [3.8, 4) is 0 Å². The number of aryl methyl sites for hydroxylation is 1. The zero-order valence-corrected chi connectivity index (χ0v) is 13.8. The van der Waals surface area contributed by atoms with Crippen molar-refractivity contribution in [1.82, 2.24) is 9.88 Å². The number of carbonyl (C=O) groups excluding carboxylic acids is 1. The van der Waals surface area contributed by atoms with E-state index in [-0.39, 0.29) is 11.9 Å². The van der Waals surface area contributed by atoms with Gasteiger partial charge in [0.15, 0.2) is 0 Å². The average Bonchev–Trinajstić information content (AvgIpc) is 3.12. The molecule has 0 N–H and O–H groups in total. The molecule has 0 radical (unpaired) electrons. The third-order valence-electron chi connectivity index (χ3n) is 3.80. The molecule has 1 aliphatic heterocycles. The van der Waals surface area contributed by atoms with Gasteiger partial charge in [0.2, 0.25) is 5.91 Å². The van der Waals surface area contributed by atoms with Crippen LogP contribution in [0, 0.1) is 6.92 Å². The van der Waals surface area contributed by atoms with Crippen molar-refractivity contribution < 1.29 is 4.79 Å². The Morgan fingerprint density at radius 1 is 1.52 bits per heavy atom. The fourth-order valence-corrected chi connectivity index (χ4v) is 4.32. The fourth-order valence-electron chi connectivity index (χ4n) is 2.81. The van der Waals surface area contributed by atoms with Crippen LogP contribution in [0.2, 0.25) is 0 Å². The molecule has 0 saturated carbocycles. The second-order valence-corrected chi connectivity index (χ2v) is 7.19. The molecule has 0 saturated heterocycles. The van der Waals surface area contributed by atoms with Crippen molar-refractivity contribution in [2.24, 2.45) is 0 Å². The number of fused-ring (bicyclic) bond motifs is 1. The van der Waals surface area contributed by atoms with E-state index in [1.165, 1.54) is 10.4 Å². The predicted octanol–water partition coefficient (Wildman–Crippen LogP) is 4.06. The van der Waals surface area contributed by atoms with Gasteiger partial charge < -0.3 is 4.90 Å². The van der Waals surface area contributed by atoms with E-state index >= 15 is 0 Å². The van der Waals surface area contributed by atoms with E-state index in [0.29, 0.717) is 0 Å². The van der Waals surface area contributed by atoms with Crippen LogP contribution in [-0.2, 0) is 11.2 Å². The van der Waals surface area contributed by atoms with Crippen LogP contribution in [0.1, 0.15) is 40.5 Å². The van der Waals surface area contributed by atoms with Gasteiger partial charge in [0.25, 0.3) is 0 Å². The Labute approximate surface area is 132 Å². The smallest absolute Gasteiger partial charge is 0.247 e. The van der Waals surface area contributed by atoms with Gasteiger partial charge in [0, 0.05) is 22.9 Å². The van der Waals surface area contributed by atoms with Gasteiger partial charge in [-0.15, -0.1) is 22.7 Å². The van der Waals surface area contributed by atoms with Gasteiger partial charge >= 0.3 is 0 Å². The molecule has 3 heterocycles. The normalized spacial score (nSPS) is 18.2. The van der Waals surface area contributed by atoms with Crippen LogP contribution < -0.4 is 0 Å². The van der Waals surface area contributed by atoms with Gasteiger partial charge in [0.1, 0.15) is 0 Å². The molecule has 0 fully saturated rings. The van der Waals surface area contributed by atoms with E-state index in [9.17, 15) is 4.79 Å². The molecule has 5 heteroatoms. The molecule has 1 atom stereocenters. The van der Waals surface area contributed by atoms with Crippen molar-refractivity contribution in [3.05, 3.63) is 44.0 Å². The van der Waals surface area contributed by atoms with E-state index in [0.717, 1.165) is 30.1 Å². The second-order valence-electron chi connectivity index (χ2n) is 5.13. The Balaban J connectivity index is 1.77. The first kappa shape index (κ1) is 14.5. The van der Waals surface area contributed by atoms with Gasteiger partial charge in [-0.3, -0.25) is 4.79 Å². The molecular weight excluding hydrogens is 300 g/mol. The molecule has 0 bridgehead atoms. The molecule has 0 aliphatic carbocycles. The van der Waals surface area contributed by atoms with Crippen LogP contribution in [0.25, 0.3) is 6.08 Å². The summed E-state index contributed by atoms with van der Waals surface area (Å²) in [7, 11) is 0. The minimum atomic E-state index is 0.0874. The highest BCUT2D eigenvalue weighted by atomic mass is 32.1. The van der Waals surface area contributed by atoms with Gasteiger partial charge in [0.05, 0.1) is 16.7 Å². The van der Waals surface area contributed by atoms with Gasteiger partial charge in [-0.05, 0) is 42.9 Å². The summed E-state index contributed by atoms with van der Waals surface area (Å²) in [5.41, 5.74) is 2.20. The highest BCUT2D eigenvalue weighted by Gasteiger charge is 2.29. The lowest BCUT2D eigenvalue weighted by Gasteiger charge is -2.34. The zero-order chi connectivity index (χ0) is 14.8. The Morgan fingerprint density at radius 3 is 3.10 bits per heavy atom. The molecule has 0 aromatic carbocycles. The van der Waals surface area contributed by atoms with Gasteiger partial charge in [-0.2, -0.15) is 0 Å². The number of aromatic nitrogens is 1. The number of nitrogens with zero attached hydrogens (tertiary/aromatic N) is 2.